The Kier molecular flexibility index (Phi) is 6.27. The second kappa shape index (κ2) is 8.84. The molecule has 0 saturated carbocycles. The average molecular weight is 417 g/mol. The van der Waals surface area contributed by atoms with Crippen molar-refractivity contribution >= 4 is 34.1 Å². The van der Waals surface area contributed by atoms with Crippen LogP contribution in [0.25, 0.3) is 6.08 Å². The van der Waals surface area contributed by atoms with Gasteiger partial charge >= 0.3 is 0 Å². The van der Waals surface area contributed by atoms with Crippen molar-refractivity contribution in [3.63, 3.8) is 0 Å². The minimum absolute atomic E-state index is 0.0555. The van der Waals surface area contributed by atoms with E-state index in [0.717, 1.165) is 15.6 Å². The Morgan fingerprint density at radius 3 is 2.62 bits per heavy atom. The van der Waals surface area contributed by atoms with Gasteiger partial charge in [0, 0.05) is 10.5 Å². The van der Waals surface area contributed by atoms with Gasteiger partial charge in [-0.1, -0.05) is 42.5 Å². The molecule has 2 aromatic carbocycles. The van der Waals surface area contributed by atoms with Crippen molar-refractivity contribution in [1.82, 2.24) is 16.3 Å². The number of halogens is 2. The Bertz CT molecular complexity index is 808. The smallest absolute Gasteiger partial charge is 0.258 e. The molecule has 0 bridgehead atoms. The number of benzene rings is 2. The van der Waals surface area contributed by atoms with Crippen LogP contribution in [-0.2, 0) is 4.79 Å². The molecule has 1 amide bonds. The maximum atomic E-state index is 13.0. The van der Waals surface area contributed by atoms with Crippen LogP contribution < -0.4 is 16.3 Å². The monoisotopic (exact) mass is 416 g/mol. The third-order valence-corrected chi connectivity index (χ3v) is 4.39. The number of hydrazine groups is 1. The van der Waals surface area contributed by atoms with E-state index in [4.69, 9.17) is 0 Å². The summed E-state index contributed by atoms with van der Waals surface area (Å²) < 4.78 is 13.7. The molecular weight excluding hydrogens is 399 g/mol. The lowest BCUT2D eigenvalue weighted by atomic mass is 10.0. The van der Waals surface area contributed by atoms with Crippen LogP contribution in [0.4, 0.5) is 4.39 Å². The summed E-state index contributed by atoms with van der Waals surface area (Å²) in [4.78, 5) is 12.2. The van der Waals surface area contributed by atoms with Gasteiger partial charge in [0.15, 0.2) is 0 Å². The summed E-state index contributed by atoms with van der Waals surface area (Å²) in [6.45, 7) is 0. The van der Waals surface area contributed by atoms with Gasteiger partial charge in [-0.25, -0.2) is 20.7 Å². The molecule has 7 heteroatoms. The summed E-state index contributed by atoms with van der Waals surface area (Å²) in [5.74, 6) is -0.518. The van der Waals surface area contributed by atoms with Crippen LogP contribution in [0, 0.1) is 5.82 Å². The predicted molar refractivity (Wildman–Crippen MR) is 104 cm³/mol. The van der Waals surface area contributed by atoms with Crippen molar-refractivity contribution in [3.8, 4) is 0 Å². The molecule has 5 nitrogen and oxygen atoms in total. The minimum atomic E-state index is -0.418. The van der Waals surface area contributed by atoms with E-state index in [0.29, 0.717) is 6.42 Å². The van der Waals surface area contributed by atoms with Crippen molar-refractivity contribution in [2.75, 3.05) is 0 Å². The molecule has 3 N–H and O–H groups in total. The Hall–Kier alpha value is -2.35. The molecule has 1 saturated heterocycles. The number of hydrazone groups is 1. The maximum Gasteiger partial charge on any atom is 0.258 e. The van der Waals surface area contributed by atoms with Crippen LogP contribution in [0.1, 0.15) is 23.6 Å². The van der Waals surface area contributed by atoms with Crippen LogP contribution in [0.15, 0.2) is 64.2 Å². The molecule has 2 aromatic rings. The quantitative estimate of drug-likeness (QED) is 0.517. The number of amides is 1. The highest BCUT2D eigenvalue weighted by atomic mass is 79.9. The lowest BCUT2D eigenvalue weighted by molar-refractivity contribution is -0.122. The summed E-state index contributed by atoms with van der Waals surface area (Å²) in [7, 11) is 0. The third-order valence-electron chi connectivity index (χ3n) is 3.96. The molecule has 1 aliphatic rings. The molecule has 0 aliphatic carbocycles. The number of allylic oxidation sites excluding steroid dienone is 1. The zero-order valence-corrected chi connectivity index (χ0v) is 15.4. The number of nitrogens with one attached hydrogen (secondary N) is 3. The van der Waals surface area contributed by atoms with E-state index in [1.807, 2.05) is 36.4 Å². The SMILES string of the molecule is O=C(N/N=C/C(Br)=C/c1ccccc1)C1CC(c2ccc(F)cc2)NN1. The predicted octanol–water partition coefficient (Wildman–Crippen LogP) is 3.27. The first kappa shape index (κ1) is 18.4. The molecule has 1 aliphatic heterocycles. The Balaban J connectivity index is 1.51. The van der Waals surface area contributed by atoms with E-state index in [1.165, 1.54) is 18.3 Å². The first-order valence-corrected chi connectivity index (χ1v) is 8.93. The lowest BCUT2D eigenvalue weighted by Gasteiger charge is -2.09. The van der Waals surface area contributed by atoms with Crippen LogP contribution in [0.5, 0.6) is 0 Å². The largest absolute Gasteiger partial charge is 0.271 e. The van der Waals surface area contributed by atoms with Gasteiger partial charge in [-0.2, -0.15) is 5.10 Å². The zero-order chi connectivity index (χ0) is 18.4. The number of hydrogen-bond acceptors (Lipinski definition) is 4. The summed E-state index contributed by atoms with van der Waals surface area (Å²) in [6.07, 6.45) is 3.98. The molecular formula is C19H18BrFN4O. The number of hydrogen-bond donors (Lipinski definition) is 3. The highest BCUT2D eigenvalue weighted by molar-refractivity contribution is 9.12. The van der Waals surface area contributed by atoms with Gasteiger partial charge in [0.2, 0.25) is 0 Å². The van der Waals surface area contributed by atoms with E-state index in [1.54, 1.807) is 12.1 Å². The summed E-state index contributed by atoms with van der Waals surface area (Å²) >= 11 is 3.40. The first-order valence-electron chi connectivity index (χ1n) is 8.13. The molecule has 0 radical (unpaired) electrons. The van der Waals surface area contributed by atoms with Gasteiger partial charge in [-0.05, 0) is 51.7 Å². The van der Waals surface area contributed by atoms with Crippen molar-refractivity contribution in [2.45, 2.75) is 18.5 Å². The fraction of sp³-hybridized carbons (Fsp3) is 0.158. The summed E-state index contributed by atoms with van der Waals surface area (Å²) in [5, 5.41) is 3.96. The molecule has 134 valence electrons. The Morgan fingerprint density at radius 2 is 1.88 bits per heavy atom. The summed E-state index contributed by atoms with van der Waals surface area (Å²) in [5.41, 5.74) is 10.5. The normalized spacial score (nSPS) is 20.5. The molecule has 0 aromatic heterocycles. The molecule has 3 rings (SSSR count). The Morgan fingerprint density at radius 1 is 1.15 bits per heavy atom. The second-order valence-corrected chi connectivity index (χ2v) is 6.77. The van der Waals surface area contributed by atoms with E-state index >= 15 is 0 Å². The fourth-order valence-electron chi connectivity index (χ4n) is 2.62. The zero-order valence-electron chi connectivity index (χ0n) is 13.8. The molecule has 0 spiro atoms. The molecule has 1 fully saturated rings. The molecule has 2 atom stereocenters. The van der Waals surface area contributed by atoms with Crippen LogP contribution in [0.2, 0.25) is 0 Å². The third kappa shape index (κ3) is 5.08. The standard InChI is InChI=1S/C19H18BrFN4O/c20-15(10-13-4-2-1-3-5-13)12-22-25-19(26)18-11-17(23-24-18)14-6-8-16(21)9-7-14/h1-10,12,17-18,23-24H,11H2,(H,25,26)/b15-10-,22-12+. The number of nitrogens with zero attached hydrogens (tertiary/aromatic N) is 1. The van der Waals surface area contributed by atoms with Crippen molar-refractivity contribution < 1.29 is 9.18 Å². The minimum Gasteiger partial charge on any atom is -0.271 e. The van der Waals surface area contributed by atoms with Crippen molar-refractivity contribution in [3.05, 3.63) is 76.0 Å². The summed E-state index contributed by atoms with van der Waals surface area (Å²) in [6, 6.07) is 15.5. The number of carbonyl (C=O) groups excluding carboxylic acids is 1. The van der Waals surface area contributed by atoms with Crippen LogP contribution in [0.3, 0.4) is 0 Å². The van der Waals surface area contributed by atoms with Gasteiger partial charge in [0.25, 0.3) is 5.91 Å². The molecule has 2 unspecified atom stereocenters. The number of carbonyl (C=O) groups is 1. The first-order chi connectivity index (χ1) is 12.6. The highest BCUT2D eigenvalue weighted by Gasteiger charge is 2.29. The van der Waals surface area contributed by atoms with Crippen LogP contribution >= 0.6 is 15.9 Å². The van der Waals surface area contributed by atoms with Gasteiger partial charge in [-0.3, -0.25) is 4.79 Å². The van der Waals surface area contributed by atoms with E-state index in [9.17, 15) is 9.18 Å². The van der Waals surface area contributed by atoms with E-state index in [-0.39, 0.29) is 17.8 Å². The molecule has 26 heavy (non-hydrogen) atoms. The van der Waals surface area contributed by atoms with Gasteiger partial charge in [-0.15, -0.1) is 0 Å². The van der Waals surface area contributed by atoms with Crippen LogP contribution in [-0.4, -0.2) is 18.2 Å². The topological polar surface area (TPSA) is 65.5 Å². The highest BCUT2D eigenvalue weighted by Crippen LogP contribution is 2.22. The van der Waals surface area contributed by atoms with Crippen molar-refractivity contribution in [2.24, 2.45) is 5.10 Å². The lowest BCUT2D eigenvalue weighted by Crippen LogP contribution is -2.41. The molecule has 1 heterocycles. The van der Waals surface area contributed by atoms with Crippen molar-refractivity contribution in [1.29, 1.82) is 0 Å². The van der Waals surface area contributed by atoms with E-state index < -0.39 is 6.04 Å². The average Bonchev–Trinajstić information content (AvgIpc) is 3.13. The Labute approximate surface area is 159 Å². The van der Waals surface area contributed by atoms with E-state index in [2.05, 4.69) is 37.3 Å². The van der Waals surface area contributed by atoms with Gasteiger partial charge in [0.1, 0.15) is 11.9 Å². The van der Waals surface area contributed by atoms with Gasteiger partial charge in [0.05, 0.1) is 6.21 Å². The van der Waals surface area contributed by atoms with Gasteiger partial charge < -0.3 is 0 Å². The fourth-order valence-corrected chi connectivity index (χ4v) is 2.99. The maximum absolute atomic E-state index is 13.0. The number of rotatable bonds is 5. The second-order valence-electron chi connectivity index (χ2n) is 5.86.